The van der Waals surface area contributed by atoms with E-state index in [2.05, 4.69) is 0 Å². The largest absolute Gasteiger partial charge is 0.480 e. The lowest BCUT2D eigenvalue weighted by atomic mass is 9.88. The number of carbonyl (C=O) groups excluding carboxylic acids is 2. The summed E-state index contributed by atoms with van der Waals surface area (Å²) in [5.41, 5.74) is -2.23. The minimum absolute atomic E-state index is 0.0190. The Morgan fingerprint density at radius 3 is 2.24 bits per heavy atom. The second-order valence-electron chi connectivity index (χ2n) is 6.80. The molecule has 0 aromatic heterocycles. The second kappa shape index (κ2) is 10.6. The summed E-state index contributed by atoms with van der Waals surface area (Å²) in [7, 11) is 0. The van der Waals surface area contributed by atoms with E-state index < -0.39 is 58.5 Å². The molecule has 0 unspecified atom stereocenters. The van der Waals surface area contributed by atoms with Gasteiger partial charge in [0.2, 0.25) is 0 Å². The van der Waals surface area contributed by atoms with E-state index in [1.165, 1.54) is 25.1 Å². The number of hydrogen-bond acceptors (Lipinski definition) is 6. The Morgan fingerprint density at radius 1 is 1.12 bits per heavy atom. The second-order valence-corrected chi connectivity index (χ2v) is 6.80. The molecular weight excluding hydrogens is 449 g/mol. The van der Waals surface area contributed by atoms with Gasteiger partial charge in [-0.25, -0.2) is 4.79 Å². The predicted octanol–water partition coefficient (Wildman–Crippen LogP) is 3.53. The van der Waals surface area contributed by atoms with Crippen LogP contribution in [-0.2, 0) is 20.5 Å². The first-order valence-electron chi connectivity index (χ1n) is 9.55. The summed E-state index contributed by atoms with van der Waals surface area (Å²) >= 11 is 0. The summed E-state index contributed by atoms with van der Waals surface area (Å²) in [6.45, 7) is 1.50. The fraction of sp³-hybridized carbons (Fsp3) is 0.286. The summed E-state index contributed by atoms with van der Waals surface area (Å²) in [4.78, 5) is 46.9. The summed E-state index contributed by atoms with van der Waals surface area (Å²) in [5, 5.41) is 22.7. The molecule has 0 saturated heterocycles. The minimum atomic E-state index is -4.87. The van der Waals surface area contributed by atoms with Gasteiger partial charge in [-0.3, -0.25) is 19.7 Å². The van der Waals surface area contributed by atoms with Crippen LogP contribution in [0.1, 0.15) is 40.7 Å². The highest BCUT2D eigenvalue weighted by Gasteiger charge is 2.38. The highest BCUT2D eigenvalue weighted by Crippen LogP contribution is 2.32. The number of aliphatic carboxylic acids is 1. The molecule has 0 heterocycles. The summed E-state index contributed by atoms with van der Waals surface area (Å²) in [6, 6.07) is 6.55. The Bertz CT molecular complexity index is 1040. The van der Waals surface area contributed by atoms with E-state index in [4.69, 9.17) is 4.74 Å². The van der Waals surface area contributed by atoms with Crippen molar-refractivity contribution in [2.75, 3.05) is 6.61 Å². The smallest absolute Gasteiger partial charge is 0.417 e. The van der Waals surface area contributed by atoms with Crippen LogP contribution in [0.5, 0.6) is 0 Å². The van der Waals surface area contributed by atoms with E-state index >= 15 is 0 Å². The third-order valence-electron chi connectivity index (χ3n) is 4.66. The number of nitrogens with one attached hydrogen (secondary N) is 1. The monoisotopic (exact) mass is 468 g/mol. The van der Waals surface area contributed by atoms with E-state index in [1.54, 1.807) is 0 Å². The third kappa shape index (κ3) is 6.51. The Balaban J connectivity index is 2.45. The molecule has 0 saturated carbocycles. The summed E-state index contributed by atoms with van der Waals surface area (Å²) in [6.07, 6.45) is -5.42. The zero-order valence-electron chi connectivity index (χ0n) is 17.2. The van der Waals surface area contributed by atoms with Gasteiger partial charge in [-0.15, -0.1) is 0 Å². The number of rotatable bonds is 9. The maximum Gasteiger partial charge on any atom is 0.417 e. The fourth-order valence-corrected chi connectivity index (χ4v) is 3.15. The molecule has 0 radical (unpaired) electrons. The van der Waals surface area contributed by atoms with E-state index in [0.29, 0.717) is 6.07 Å². The molecule has 33 heavy (non-hydrogen) atoms. The standard InChI is InChI=1S/C21H19F3N2O7/c1-2-33-17(27)11-15(12-7-9-13(10-8-12)26(31)32)18(20(29)30)25-19(28)14-5-3-4-6-16(14)21(22,23)24/h3-10,15,18H,2,11H2,1H3,(H,25,28)(H,29,30)/t15-,18-/m0/s1. The van der Waals surface area contributed by atoms with Crippen LogP contribution in [0.15, 0.2) is 48.5 Å². The lowest BCUT2D eigenvalue weighted by Gasteiger charge is -2.25. The van der Waals surface area contributed by atoms with Crippen molar-refractivity contribution in [2.45, 2.75) is 31.5 Å². The lowest BCUT2D eigenvalue weighted by Crippen LogP contribution is -2.46. The number of hydrogen-bond donors (Lipinski definition) is 2. The number of ether oxygens (including phenoxy) is 1. The van der Waals surface area contributed by atoms with E-state index in [0.717, 1.165) is 24.3 Å². The van der Waals surface area contributed by atoms with Crippen molar-refractivity contribution in [3.05, 3.63) is 75.3 Å². The van der Waals surface area contributed by atoms with Crippen LogP contribution in [-0.4, -0.2) is 40.5 Å². The number of benzene rings is 2. The quantitative estimate of drug-likeness (QED) is 0.326. The number of carbonyl (C=O) groups is 3. The molecule has 0 aliphatic rings. The molecule has 176 valence electrons. The van der Waals surface area contributed by atoms with E-state index in [-0.39, 0.29) is 17.9 Å². The van der Waals surface area contributed by atoms with Crippen molar-refractivity contribution in [3.63, 3.8) is 0 Å². The molecule has 0 aliphatic carbocycles. The molecule has 0 aliphatic heterocycles. The molecule has 2 aromatic rings. The molecule has 2 aromatic carbocycles. The molecule has 1 amide bonds. The highest BCUT2D eigenvalue weighted by molar-refractivity contribution is 5.98. The number of esters is 1. The number of carboxylic acids is 1. The van der Waals surface area contributed by atoms with Crippen LogP contribution < -0.4 is 5.32 Å². The van der Waals surface area contributed by atoms with Crippen molar-refractivity contribution >= 4 is 23.5 Å². The Kier molecular flexibility index (Phi) is 8.10. The number of nitro benzene ring substituents is 1. The van der Waals surface area contributed by atoms with Crippen molar-refractivity contribution in [1.29, 1.82) is 0 Å². The van der Waals surface area contributed by atoms with Crippen molar-refractivity contribution < 1.29 is 42.3 Å². The third-order valence-corrected chi connectivity index (χ3v) is 4.66. The number of non-ortho nitro benzene ring substituents is 1. The SMILES string of the molecule is CCOC(=O)C[C@@H](c1ccc([N+](=O)[O-])cc1)[C@H](NC(=O)c1ccccc1C(F)(F)F)C(=O)O. The molecular formula is C21H19F3N2O7. The number of alkyl halides is 3. The number of nitro groups is 1. The van der Waals surface area contributed by atoms with Gasteiger partial charge >= 0.3 is 18.1 Å². The highest BCUT2D eigenvalue weighted by atomic mass is 19.4. The van der Waals surface area contributed by atoms with Gasteiger partial charge in [-0.05, 0) is 24.6 Å². The van der Waals surface area contributed by atoms with Gasteiger partial charge in [-0.2, -0.15) is 13.2 Å². The fourth-order valence-electron chi connectivity index (χ4n) is 3.15. The number of nitrogens with zero attached hydrogens (tertiary/aromatic N) is 1. The van der Waals surface area contributed by atoms with E-state index in [1.807, 2.05) is 5.32 Å². The molecule has 0 bridgehead atoms. The van der Waals surface area contributed by atoms with Crippen LogP contribution in [0.25, 0.3) is 0 Å². The van der Waals surface area contributed by atoms with Crippen molar-refractivity contribution in [3.8, 4) is 0 Å². The number of carboxylic acid groups (broad SMARTS) is 1. The Labute approximate surface area is 185 Å². The van der Waals surface area contributed by atoms with Gasteiger partial charge in [0, 0.05) is 18.1 Å². The molecule has 12 heteroatoms. The molecule has 2 N–H and O–H groups in total. The molecule has 0 fully saturated rings. The van der Waals surface area contributed by atoms with Crippen LogP contribution in [0.4, 0.5) is 18.9 Å². The maximum absolute atomic E-state index is 13.3. The molecule has 2 atom stereocenters. The van der Waals surface area contributed by atoms with Crippen molar-refractivity contribution in [2.24, 2.45) is 0 Å². The van der Waals surface area contributed by atoms with E-state index in [9.17, 15) is 42.8 Å². The van der Waals surface area contributed by atoms with Gasteiger partial charge < -0.3 is 15.2 Å². The average Bonchev–Trinajstić information content (AvgIpc) is 2.75. The molecule has 2 rings (SSSR count). The van der Waals surface area contributed by atoms with Crippen molar-refractivity contribution in [1.82, 2.24) is 5.32 Å². The van der Waals surface area contributed by atoms with Gasteiger partial charge in [0.25, 0.3) is 11.6 Å². The number of halogens is 3. The van der Waals surface area contributed by atoms with Crippen LogP contribution in [0, 0.1) is 10.1 Å². The first kappa shape index (κ1) is 25.3. The number of amides is 1. The molecule has 9 nitrogen and oxygen atoms in total. The Morgan fingerprint density at radius 2 is 1.73 bits per heavy atom. The summed E-state index contributed by atoms with van der Waals surface area (Å²) < 4.78 is 44.7. The Hall–Kier alpha value is -3.96. The maximum atomic E-state index is 13.3. The summed E-state index contributed by atoms with van der Waals surface area (Å²) in [5.74, 6) is -5.05. The van der Waals surface area contributed by atoms with Crippen LogP contribution >= 0.6 is 0 Å². The first-order valence-corrected chi connectivity index (χ1v) is 9.55. The average molecular weight is 468 g/mol. The lowest BCUT2D eigenvalue weighted by molar-refractivity contribution is -0.384. The van der Waals surface area contributed by atoms with Crippen LogP contribution in [0.3, 0.4) is 0 Å². The van der Waals surface area contributed by atoms with Gasteiger partial charge in [-0.1, -0.05) is 24.3 Å². The van der Waals surface area contributed by atoms with Gasteiger partial charge in [0.1, 0.15) is 6.04 Å². The zero-order valence-corrected chi connectivity index (χ0v) is 17.2. The topological polar surface area (TPSA) is 136 Å². The van der Waals surface area contributed by atoms with Gasteiger partial charge in [0.05, 0.1) is 29.1 Å². The zero-order chi connectivity index (χ0) is 24.8. The first-order chi connectivity index (χ1) is 15.5. The van der Waals surface area contributed by atoms with Gasteiger partial charge in [0.15, 0.2) is 0 Å². The normalized spacial score (nSPS) is 13.0. The minimum Gasteiger partial charge on any atom is -0.480 e. The predicted molar refractivity (Wildman–Crippen MR) is 107 cm³/mol. The van der Waals surface area contributed by atoms with Crippen LogP contribution in [0.2, 0.25) is 0 Å². The molecule has 0 spiro atoms.